The molecular formula is C19H14F6N4OS2. The van der Waals surface area contributed by atoms with Crippen molar-refractivity contribution >= 4 is 34.7 Å². The van der Waals surface area contributed by atoms with Gasteiger partial charge in [0.05, 0.1) is 21.8 Å². The summed E-state index contributed by atoms with van der Waals surface area (Å²) in [6.45, 7) is 4.00. The third-order valence-electron chi connectivity index (χ3n) is 3.97. The molecule has 0 aliphatic carbocycles. The molecule has 1 amide bonds. The van der Waals surface area contributed by atoms with Crippen LogP contribution >= 0.6 is 23.1 Å². The van der Waals surface area contributed by atoms with Crippen molar-refractivity contribution in [1.82, 2.24) is 14.8 Å². The summed E-state index contributed by atoms with van der Waals surface area (Å²) in [5.74, 6) is -0.555. The number of nitrogens with one attached hydrogen (secondary N) is 1. The third-order valence-corrected chi connectivity index (χ3v) is 5.81. The minimum absolute atomic E-state index is 0.00568. The lowest BCUT2D eigenvalue weighted by atomic mass is 10.1. The van der Waals surface area contributed by atoms with Gasteiger partial charge in [0, 0.05) is 12.2 Å². The number of alkyl halides is 6. The van der Waals surface area contributed by atoms with Crippen LogP contribution in [0, 0.1) is 0 Å². The highest BCUT2D eigenvalue weighted by molar-refractivity contribution is 7.99. The normalized spacial score (nSPS) is 12.1. The fourth-order valence-electron chi connectivity index (χ4n) is 2.63. The highest BCUT2D eigenvalue weighted by Crippen LogP contribution is 2.37. The standard InChI is InChI=1S/C19H14F6N4OS2/c1-2-5-29-16(14-4-3-6-31-14)27-28-17(29)32-10-15(30)26-13-8-11(18(20,21)22)7-12(9-13)19(23,24)25/h2-4,6-9H,1,5,10H2,(H,26,30). The molecule has 3 rings (SSSR count). The number of benzene rings is 1. The molecule has 0 saturated carbocycles. The molecule has 0 atom stereocenters. The van der Waals surface area contributed by atoms with Gasteiger partial charge in [0.1, 0.15) is 0 Å². The molecule has 1 aromatic carbocycles. The van der Waals surface area contributed by atoms with Crippen molar-refractivity contribution in [3.05, 3.63) is 59.5 Å². The van der Waals surface area contributed by atoms with Crippen LogP contribution in [0.2, 0.25) is 0 Å². The van der Waals surface area contributed by atoms with Gasteiger partial charge in [-0.1, -0.05) is 23.9 Å². The van der Waals surface area contributed by atoms with Gasteiger partial charge in [-0.2, -0.15) is 26.3 Å². The number of carbonyl (C=O) groups excluding carboxylic acids is 1. The van der Waals surface area contributed by atoms with Crippen LogP contribution in [-0.4, -0.2) is 26.4 Å². The Labute approximate surface area is 186 Å². The summed E-state index contributed by atoms with van der Waals surface area (Å²) < 4.78 is 79.5. The van der Waals surface area contributed by atoms with E-state index in [9.17, 15) is 31.1 Å². The van der Waals surface area contributed by atoms with Crippen molar-refractivity contribution < 1.29 is 31.1 Å². The molecule has 13 heteroatoms. The molecule has 5 nitrogen and oxygen atoms in total. The molecule has 3 aromatic rings. The molecule has 0 saturated heterocycles. The van der Waals surface area contributed by atoms with E-state index in [0.29, 0.717) is 29.7 Å². The van der Waals surface area contributed by atoms with E-state index in [-0.39, 0.29) is 11.8 Å². The van der Waals surface area contributed by atoms with Crippen molar-refractivity contribution in [1.29, 1.82) is 0 Å². The number of allylic oxidation sites excluding steroid dienone is 1. The minimum atomic E-state index is -5.01. The summed E-state index contributed by atoms with van der Waals surface area (Å²) in [6, 6.07) is 4.56. The summed E-state index contributed by atoms with van der Waals surface area (Å²) in [5.41, 5.74) is -3.63. The summed E-state index contributed by atoms with van der Waals surface area (Å²) in [5, 5.41) is 12.4. The van der Waals surface area contributed by atoms with Crippen molar-refractivity contribution in [2.24, 2.45) is 0 Å². The summed E-state index contributed by atoms with van der Waals surface area (Å²) in [6.07, 6.45) is -8.41. The summed E-state index contributed by atoms with van der Waals surface area (Å²) >= 11 is 2.37. The van der Waals surface area contributed by atoms with E-state index in [1.807, 2.05) is 17.5 Å². The Morgan fingerprint density at radius 2 is 1.78 bits per heavy atom. The zero-order valence-corrected chi connectivity index (χ0v) is 17.6. The SMILES string of the molecule is C=CCn1c(SCC(=O)Nc2cc(C(F)(F)F)cc(C(F)(F)F)c2)nnc1-c1cccs1. The van der Waals surface area contributed by atoms with Gasteiger partial charge >= 0.3 is 12.4 Å². The molecule has 0 aliphatic heterocycles. The Bertz CT molecular complexity index is 1070. The fourth-order valence-corrected chi connectivity index (χ4v) is 4.10. The van der Waals surface area contributed by atoms with E-state index in [1.54, 1.807) is 10.6 Å². The van der Waals surface area contributed by atoms with E-state index in [0.717, 1.165) is 16.6 Å². The second kappa shape index (κ2) is 9.36. The molecule has 0 spiro atoms. The van der Waals surface area contributed by atoms with Gasteiger partial charge in [0.2, 0.25) is 5.91 Å². The first-order valence-electron chi connectivity index (χ1n) is 8.79. The van der Waals surface area contributed by atoms with Gasteiger partial charge in [-0.3, -0.25) is 9.36 Å². The van der Waals surface area contributed by atoms with E-state index in [2.05, 4.69) is 22.1 Å². The zero-order chi connectivity index (χ0) is 23.5. The van der Waals surface area contributed by atoms with Crippen molar-refractivity contribution in [2.45, 2.75) is 24.1 Å². The maximum atomic E-state index is 13.0. The number of carbonyl (C=O) groups is 1. The number of hydrogen-bond acceptors (Lipinski definition) is 5. The highest BCUT2D eigenvalue weighted by atomic mass is 32.2. The molecule has 32 heavy (non-hydrogen) atoms. The van der Waals surface area contributed by atoms with Gasteiger partial charge in [-0.05, 0) is 29.6 Å². The predicted molar refractivity (Wildman–Crippen MR) is 109 cm³/mol. The number of amides is 1. The van der Waals surface area contributed by atoms with E-state index >= 15 is 0 Å². The molecule has 1 N–H and O–H groups in total. The van der Waals surface area contributed by atoms with Crippen LogP contribution in [0.15, 0.2) is 53.5 Å². The minimum Gasteiger partial charge on any atom is -0.325 e. The van der Waals surface area contributed by atoms with Crippen LogP contribution in [0.5, 0.6) is 0 Å². The van der Waals surface area contributed by atoms with Crippen LogP contribution in [0.25, 0.3) is 10.7 Å². The maximum Gasteiger partial charge on any atom is 0.416 e. The van der Waals surface area contributed by atoms with Gasteiger partial charge in [0.15, 0.2) is 11.0 Å². The van der Waals surface area contributed by atoms with E-state index in [4.69, 9.17) is 0 Å². The van der Waals surface area contributed by atoms with E-state index in [1.165, 1.54) is 11.3 Å². The largest absolute Gasteiger partial charge is 0.416 e. The van der Waals surface area contributed by atoms with Crippen molar-refractivity contribution in [3.63, 3.8) is 0 Å². The first kappa shape index (κ1) is 23.9. The second-order valence-corrected chi connectivity index (χ2v) is 8.20. The molecule has 0 unspecified atom stereocenters. The Morgan fingerprint density at radius 3 is 2.31 bits per heavy atom. The molecule has 0 bridgehead atoms. The second-order valence-electron chi connectivity index (χ2n) is 6.31. The number of thiophene rings is 1. The van der Waals surface area contributed by atoms with E-state index < -0.39 is 35.1 Å². The number of nitrogens with zero attached hydrogens (tertiary/aromatic N) is 3. The Morgan fingerprint density at radius 1 is 1.12 bits per heavy atom. The number of rotatable bonds is 7. The Kier molecular flexibility index (Phi) is 6.98. The number of hydrogen-bond donors (Lipinski definition) is 1. The summed E-state index contributed by atoms with van der Waals surface area (Å²) in [4.78, 5) is 13.1. The van der Waals surface area contributed by atoms with Crippen molar-refractivity contribution in [2.75, 3.05) is 11.1 Å². The average Bonchev–Trinajstić information content (AvgIpc) is 3.35. The number of aromatic nitrogens is 3. The average molecular weight is 492 g/mol. The molecule has 0 aliphatic rings. The molecule has 2 heterocycles. The molecule has 170 valence electrons. The highest BCUT2D eigenvalue weighted by Gasteiger charge is 2.37. The van der Waals surface area contributed by atoms with Crippen LogP contribution in [0.1, 0.15) is 11.1 Å². The monoisotopic (exact) mass is 492 g/mol. The Balaban J connectivity index is 1.76. The number of thioether (sulfide) groups is 1. The number of halogens is 6. The summed E-state index contributed by atoms with van der Waals surface area (Å²) in [7, 11) is 0. The molecule has 0 radical (unpaired) electrons. The first-order valence-corrected chi connectivity index (χ1v) is 10.7. The van der Waals surface area contributed by atoms with Crippen LogP contribution in [-0.2, 0) is 23.7 Å². The topological polar surface area (TPSA) is 59.8 Å². The van der Waals surface area contributed by atoms with Gasteiger partial charge in [-0.15, -0.1) is 28.1 Å². The lowest BCUT2D eigenvalue weighted by molar-refractivity contribution is -0.143. The lowest BCUT2D eigenvalue weighted by Crippen LogP contribution is -2.17. The number of anilines is 1. The Hall–Kier alpha value is -2.80. The zero-order valence-electron chi connectivity index (χ0n) is 16.0. The lowest BCUT2D eigenvalue weighted by Gasteiger charge is -2.14. The van der Waals surface area contributed by atoms with Gasteiger partial charge in [-0.25, -0.2) is 0 Å². The van der Waals surface area contributed by atoms with Crippen LogP contribution < -0.4 is 5.32 Å². The third kappa shape index (κ3) is 5.71. The smallest absolute Gasteiger partial charge is 0.325 e. The molecule has 2 aromatic heterocycles. The van der Waals surface area contributed by atoms with Crippen LogP contribution in [0.3, 0.4) is 0 Å². The van der Waals surface area contributed by atoms with Crippen LogP contribution in [0.4, 0.5) is 32.0 Å². The van der Waals surface area contributed by atoms with Crippen molar-refractivity contribution in [3.8, 4) is 10.7 Å². The quantitative estimate of drug-likeness (QED) is 0.251. The molecular weight excluding hydrogens is 478 g/mol. The first-order chi connectivity index (χ1) is 15.0. The fraction of sp³-hybridized carbons (Fsp3) is 0.211. The predicted octanol–water partition coefficient (Wildman–Crippen LogP) is 5.96. The maximum absolute atomic E-state index is 13.0. The van der Waals surface area contributed by atoms with Gasteiger partial charge < -0.3 is 5.32 Å². The van der Waals surface area contributed by atoms with Gasteiger partial charge in [0.25, 0.3) is 0 Å². The molecule has 0 fully saturated rings.